The van der Waals surface area contributed by atoms with Crippen LogP contribution in [0.1, 0.15) is 22.9 Å². The first kappa shape index (κ1) is 19.9. The Morgan fingerprint density at radius 1 is 1.23 bits per heavy atom. The second-order valence-corrected chi connectivity index (χ2v) is 7.29. The van der Waals surface area contributed by atoms with Crippen molar-refractivity contribution in [3.63, 3.8) is 0 Å². The van der Waals surface area contributed by atoms with Gasteiger partial charge in [0.25, 0.3) is 0 Å². The lowest BCUT2D eigenvalue weighted by atomic mass is 9.88. The lowest BCUT2D eigenvalue weighted by Crippen LogP contribution is -2.52. The lowest BCUT2D eigenvalue weighted by Gasteiger charge is -2.40. The van der Waals surface area contributed by atoms with Crippen molar-refractivity contribution in [1.29, 1.82) is 0 Å². The molecule has 1 aliphatic rings. The van der Waals surface area contributed by atoms with Gasteiger partial charge in [0.15, 0.2) is 0 Å². The van der Waals surface area contributed by atoms with E-state index in [0.29, 0.717) is 5.75 Å². The van der Waals surface area contributed by atoms with Crippen molar-refractivity contribution in [3.05, 3.63) is 65.4 Å². The van der Waals surface area contributed by atoms with Gasteiger partial charge < -0.3 is 19.7 Å². The van der Waals surface area contributed by atoms with Gasteiger partial charge in [-0.2, -0.15) is 0 Å². The third-order valence-electron chi connectivity index (χ3n) is 5.34. The molecule has 0 spiro atoms. The number of aromatic nitrogens is 1. The molecule has 1 aliphatic heterocycles. The number of para-hydroxylation sites is 1. The minimum Gasteiger partial charge on any atom is -0.481 e. The summed E-state index contributed by atoms with van der Waals surface area (Å²) in [6, 6.07) is 13.2. The van der Waals surface area contributed by atoms with Crippen molar-refractivity contribution in [2.75, 3.05) is 12.5 Å². The Bertz CT molecular complexity index is 1150. The predicted octanol–water partition coefficient (Wildman–Crippen LogP) is 3.35. The van der Waals surface area contributed by atoms with Crippen molar-refractivity contribution in [1.82, 2.24) is 9.88 Å². The number of H-pyrrole nitrogens is 1. The minimum absolute atomic E-state index is 0.146. The molecule has 1 aromatic heterocycles. The van der Waals surface area contributed by atoms with Gasteiger partial charge in [0.2, 0.25) is 5.91 Å². The van der Waals surface area contributed by atoms with Crippen LogP contribution in [-0.4, -0.2) is 45.4 Å². The topological polar surface area (TPSA) is 82.6 Å². The molecule has 2 heterocycles. The summed E-state index contributed by atoms with van der Waals surface area (Å²) in [6.45, 7) is 0.146. The van der Waals surface area contributed by atoms with E-state index in [1.54, 1.807) is 12.1 Å². The molecular formula is C23H19ClN2O4. The summed E-state index contributed by atoms with van der Waals surface area (Å²) in [7, 11) is 0. The van der Waals surface area contributed by atoms with Gasteiger partial charge in [0, 0.05) is 23.0 Å². The van der Waals surface area contributed by atoms with Crippen LogP contribution in [0.25, 0.3) is 10.9 Å². The highest BCUT2D eigenvalue weighted by Crippen LogP contribution is 2.41. The van der Waals surface area contributed by atoms with Gasteiger partial charge in [-0.15, -0.1) is 18.0 Å². The van der Waals surface area contributed by atoms with Gasteiger partial charge in [-0.1, -0.05) is 36.3 Å². The molecule has 0 saturated heterocycles. The fourth-order valence-electron chi connectivity index (χ4n) is 4.08. The second kappa shape index (κ2) is 8.13. The molecule has 0 radical (unpaired) electrons. The van der Waals surface area contributed by atoms with Crippen LogP contribution < -0.4 is 4.74 Å². The number of ether oxygens (including phenoxy) is 1. The summed E-state index contributed by atoms with van der Waals surface area (Å²) in [5, 5.41) is 10.9. The zero-order chi connectivity index (χ0) is 21.3. The fourth-order valence-corrected chi connectivity index (χ4v) is 4.21. The number of rotatable bonds is 5. The number of benzene rings is 2. The standard InChI is InChI=1S/C23H19ClN2O4/c1-2-11-30-15-9-7-14(8-10-15)22-21-17(16-5-3-4-6-18(16)25-21)12-19(23(28)29)26(22)20(27)13-24/h1,3-10,19,22,25H,11-13H2,(H,28,29)/t19-,22+/m1/s1. The normalized spacial score (nSPS) is 17.9. The molecule has 2 N–H and O–H groups in total. The molecule has 1 amide bonds. The number of carboxylic acids is 1. The Kier molecular flexibility index (Phi) is 5.39. The number of aliphatic carboxylic acids is 1. The van der Waals surface area contributed by atoms with Crippen molar-refractivity contribution in [2.45, 2.75) is 18.5 Å². The van der Waals surface area contributed by atoms with E-state index in [1.807, 2.05) is 36.4 Å². The molecule has 4 rings (SSSR count). The highest BCUT2D eigenvalue weighted by atomic mass is 35.5. The molecular weight excluding hydrogens is 404 g/mol. The average molecular weight is 423 g/mol. The second-order valence-electron chi connectivity index (χ2n) is 7.02. The van der Waals surface area contributed by atoms with E-state index >= 15 is 0 Å². The van der Waals surface area contributed by atoms with Gasteiger partial charge in [0.05, 0.1) is 6.04 Å². The number of aromatic amines is 1. The number of alkyl halides is 1. The number of fused-ring (bicyclic) bond motifs is 3. The number of hydrogen-bond acceptors (Lipinski definition) is 3. The van der Waals surface area contributed by atoms with E-state index in [4.69, 9.17) is 22.8 Å². The molecule has 0 aliphatic carbocycles. The fraction of sp³-hybridized carbons (Fsp3) is 0.217. The molecule has 0 fully saturated rings. The maximum Gasteiger partial charge on any atom is 0.326 e. The van der Waals surface area contributed by atoms with Crippen LogP contribution in [0, 0.1) is 12.3 Å². The largest absolute Gasteiger partial charge is 0.481 e. The van der Waals surface area contributed by atoms with Gasteiger partial charge >= 0.3 is 5.97 Å². The van der Waals surface area contributed by atoms with Crippen LogP contribution >= 0.6 is 11.6 Å². The first-order valence-corrected chi connectivity index (χ1v) is 9.94. The third-order valence-corrected chi connectivity index (χ3v) is 5.57. The van der Waals surface area contributed by atoms with Crippen molar-refractivity contribution < 1.29 is 19.4 Å². The van der Waals surface area contributed by atoms with E-state index < -0.39 is 24.0 Å². The first-order chi connectivity index (χ1) is 14.5. The number of carbonyl (C=O) groups excluding carboxylic acids is 1. The number of amides is 1. The van der Waals surface area contributed by atoms with Gasteiger partial charge in [0.1, 0.15) is 24.3 Å². The molecule has 0 bridgehead atoms. The Balaban J connectivity index is 1.88. The summed E-state index contributed by atoms with van der Waals surface area (Å²) in [6.07, 6.45) is 5.44. The number of carboxylic acid groups (broad SMARTS) is 1. The van der Waals surface area contributed by atoms with Crippen molar-refractivity contribution in [3.8, 4) is 18.1 Å². The molecule has 6 nitrogen and oxygen atoms in total. The first-order valence-electron chi connectivity index (χ1n) is 9.40. The Morgan fingerprint density at radius 3 is 2.63 bits per heavy atom. The van der Waals surface area contributed by atoms with E-state index in [-0.39, 0.29) is 18.9 Å². The van der Waals surface area contributed by atoms with Gasteiger partial charge in [-0.05, 0) is 29.3 Å². The highest BCUT2D eigenvalue weighted by Gasteiger charge is 2.43. The van der Waals surface area contributed by atoms with E-state index in [1.165, 1.54) is 4.90 Å². The predicted molar refractivity (Wildman–Crippen MR) is 114 cm³/mol. The monoisotopic (exact) mass is 422 g/mol. The third kappa shape index (κ3) is 3.38. The number of nitrogens with one attached hydrogen (secondary N) is 1. The summed E-state index contributed by atoms with van der Waals surface area (Å²) in [5.41, 5.74) is 3.34. The Labute approximate surface area is 178 Å². The molecule has 0 unspecified atom stereocenters. The number of carbonyl (C=O) groups is 2. The van der Waals surface area contributed by atoms with Gasteiger partial charge in [-0.3, -0.25) is 4.79 Å². The molecule has 0 saturated carbocycles. The van der Waals surface area contributed by atoms with Crippen molar-refractivity contribution in [2.24, 2.45) is 0 Å². The zero-order valence-corrected chi connectivity index (χ0v) is 16.7. The number of terminal acetylenes is 1. The molecule has 2 aromatic carbocycles. The summed E-state index contributed by atoms with van der Waals surface area (Å²) >= 11 is 5.86. The number of halogens is 1. The van der Waals surface area contributed by atoms with Crippen LogP contribution in [-0.2, 0) is 16.0 Å². The van der Waals surface area contributed by atoms with E-state index in [2.05, 4.69) is 10.9 Å². The maximum atomic E-state index is 12.8. The van der Waals surface area contributed by atoms with Crippen LogP contribution in [0.4, 0.5) is 0 Å². The smallest absolute Gasteiger partial charge is 0.326 e. The molecule has 152 valence electrons. The average Bonchev–Trinajstić information content (AvgIpc) is 3.14. The van der Waals surface area contributed by atoms with E-state index in [9.17, 15) is 14.7 Å². The summed E-state index contributed by atoms with van der Waals surface area (Å²) < 4.78 is 5.43. The Morgan fingerprint density at radius 2 is 1.97 bits per heavy atom. The van der Waals surface area contributed by atoms with Crippen LogP contribution in [0.15, 0.2) is 48.5 Å². The quantitative estimate of drug-likeness (QED) is 0.488. The van der Waals surface area contributed by atoms with Crippen LogP contribution in [0.3, 0.4) is 0 Å². The molecule has 30 heavy (non-hydrogen) atoms. The Hall–Kier alpha value is -3.43. The van der Waals surface area contributed by atoms with Crippen LogP contribution in [0.5, 0.6) is 5.75 Å². The summed E-state index contributed by atoms with van der Waals surface area (Å²) in [5.74, 6) is 1.19. The zero-order valence-electron chi connectivity index (χ0n) is 16.0. The van der Waals surface area contributed by atoms with Crippen LogP contribution in [0.2, 0.25) is 0 Å². The molecule has 2 atom stereocenters. The molecule has 7 heteroatoms. The van der Waals surface area contributed by atoms with E-state index in [0.717, 1.165) is 27.7 Å². The SMILES string of the molecule is C#CCOc1ccc([C@H]2c3[nH]c4ccccc4c3C[C@H](C(=O)O)N2C(=O)CCl)cc1. The number of nitrogens with zero attached hydrogens (tertiary/aromatic N) is 1. The number of hydrogen-bond donors (Lipinski definition) is 2. The minimum atomic E-state index is -1.07. The maximum absolute atomic E-state index is 12.8. The lowest BCUT2D eigenvalue weighted by molar-refractivity contribution is -0.151. The van der Waals surface area contributed by atoms with Crippen molar-refractivity contribution >= 4 is 34.4 Å². The molecule has 3 aromatic rings. The highest BCUT2D eigenvalue weighted by molar-refractivity contribution is 6.27. The summed E-state index contributed by atoms with van der Waals surface area (Å²) in [4.78, 5) is 29.6. The van der Waals surface area contributed by atoms with Gasteiger partial charge in [-0.25, -0.2) is 4.79 Å².